The predicted molar refractivity (Wildman–Crippen MR) is 41.3 cm³/mol. The van der Waals surface area contributed by atoms with Gasteiger partial charge in [-0.25, -0.2) is 9.59 Å². The summed E-state index contributed by atoms with van der Waals surface area (Å²) < 4.78 is 4.48. The molecular weight excluding hydrogens is 158 g/mol. The van der Waals surface area contributed by atoms with Crippen molar-refractivity contribution >= 4 is 12.0 Å². The number of carbonyl (C=O) groups excluding carboxylic acids is 2. The van der Waals surface area contributed by atoms with Crippen molar-refractivity contribution in [2.24, 2.45) is 10.9 Å². The third kappa shape index (κ3) is 2.47. The van der Waals surface area contributed by atoms with E-state index in [1.807, 2.05) is 0 Å². The summed E-state index contributed by atoms with van der Waals surface area (Å²) in [6.07, 6.45) is 4.27. The van der Waals surface area contributed by atoms with E-state index in [2.05, 4.69) is 9.73 Å². The van der Waals surface area contributed by atoms with Gasteiger partial charge in [0.05, 0.1) is 7.11 Å². The van der Waals surface area contributed by atoms with Gasteiger partial charge in [0.2, 0.25) is 6.08 Å². The maximum atomic E-state index is 11.0. The molecule has 0 bridgehead atoms. The highest BCUT2D eigenvalue weighted by Gasteiger charge is 2.29. The average Bonchev–Trinajstić information content (AvgIpc) is 2.86. The third-order valence-corrected chi connectivity index (χ3v) is 1.94. The number of hydrogen-bond acceptors (Lipinski definition) is 4. The van der Waals surface area contributed by atoms with Gasteiger partial charge in [0.25, 0.3) is 0 Å². The maximum absolute atomic E-state index is 11.0. The minimum atomic E-state index is -0.625. The quantitative estimate of drug-likeness (QED) is 0.353. The first kappa shape index (κ1) is 8.94. The van der Waals surface area contributed by atoms with Crippen LogP contribution in [0.4, 0.5) is 0 Å². The molecule has 0 amide bonds. The molecule has 1 atom stereocenters. The number of esters is 1. The molecule has 0 aromatic heterocycles. The summed E-state index contributed by atoms with van der Waals surface area (Å²) in [6.45, 7) is 0. The summed E-state index contributed by atoms with van der Waals surface area (Å²) >= 11 is 0. The molecule has 0 N–H and O–H groups in total. The zero-order valence-electron chi connectivity index (χ0n) is 6.95. The Morgan fingerprint density at radius 2 is 2.42 bits per heavy atom. The van der Waals surface area contributed by atoms with E-state index in [9.17, 15) is 9.59 Å². The van der Waals surface area contributed by atoms with Crippen molar-refractivity contribution in [1.82, 2.24) is 0 Å². The molecule has 66 valence electrons. The van der Waals surface area contributed by atoms with Gasteiger partial charge in [0.1, 0.15) is 0 Å². The molecule has 0 aromatic carbocycles. The fraction of sp³-hybridized carbons (Fsp3) is 0.750. The van der Waals surface area contributed by atoms with Crippen LogP contribution in [0.25, 0.3) is 0 Å². The van der Waals surface area contributed by atoms with Crippen molar-refractivity contribution in [2.45, 2.75) is 25.3 Å². The van der Waals surface area contributed by atoms with Crippen LogP contribution in [0.5, 0.6) is 0 Å². The number of isocyanates is 1. The Bertz CT molecular complexity index is 216. The van der Waals surface area contributed by atoms with E-state index >= 15 is 0 Å². The number of hydrogen-bond donors (Lipinski definition) is 0. The van der Waals surface area contributed by atoms with Crippen LogP contribution in [0.15, 0.2) is 4.99 Å². The summed E-state index contributed by atoms with van der Waals surface area (Å²) in [5, 5.41) is 0. The van der Waals surface area contributed by atoms with Gasteiger partial charge in [-0.15, -0.1) is 0 Å². The van der Waals surface area contributed by atoms with Crippen LogP contribution in [0.2, 0.25) is 0 Å². The molecule has 0 aromatic rings. The second-order valence-corrected chi connectivity index (χ2v) is 2.94. The van der Waals surface area contributed by atoms with E-state index in [0.717, 1.165) is 12.8 Å². The van der Waals surface area contributed by atoms with E-state index < -0.39 is 12.0 Å². The number of ether oxygens (including phenoxy) is 1. The molecule has 0 radical (unpaired) electrons. The normalized spacial score (nSPS) is 17.8. The van der Waals surface area contributed by atoms with Gasteiger partial charge < -0.3 is 4.74 Å². The monoisotopic (exact) mass is 169 g/mol. The smallest absolute Gasteiger partial charge is 0.331 e. The van der Waals surface area contributed by atoms with Crippen LogP contribution < -0.4 is 0 Å². The second-order valence-electron chi connectivity index (χ2n) is 2.94. The highest BCUT2D eigenvalue weighted by atomic mass is 16.5. The molecule has 0 aliphatic heterocycles. The van der Waals surface area contributed by atoms with Gasteiger partial charge >= 0.3 is 5.97 Å². The molecule has 1 aliphatic rings. The summed E-state index contributed by atoms with van der Waals surface area (Å²) in [5.74, 6) is 0.108. The van der Waals surface area contributed by atoms with Crippen LogP contribution in [0, 0.1) is 5.92 Å². The lowest BCUT2D eigenvalue weighted by atomic mass is 10.1. The van der Waals surface area contributed by atoms with E-state index in [1.54, 1.807) is 0 Å². The van der Waals surface area contributed by atoms with Crippen LogP contribution in [-0.4, -0.2) is 25.2 Å². The zero-order chi connectivity index (χ0) is 8.97. The number of carbonyl (C=O) groups is 1. The lowest BCUT2D eigenvalue weighted by Crippen LogP contribution is -2.20. The Hall–Kier alpha value is -1.15. The Kier molecular flexibility index (Phi) is 3.00. The molecule has 1 aliphatic carbocycles. The first-order chi connectivity index (χ1) is 5.77. The van der Waals surface area contributed by atoms with Crippen molar-refractivity contribution in [3.05, 3.63) is 0 Å². The first-order valence-corrected chi connectivity index (χ1v) is 3.92. The fourth-order valence-electron chi connectivity index (χ4n) is 1.07. The average molecular weight is 169 g/mol. The minimum Gasteiger partial charge on any atom is -0.467 e. The number of rotatable bonds is 4. The zero-order valence-corrected chi connectivity index (χ0v) is 6.95. The number of nitrogens with zero attached hydrogens (tertiary/aromatic N) is 1. The number of methoxy groups -OCH3 is 1. The van der Waals surface area contributed by atoms with Crippen molar-refractivity contribution in [1.29, 1.82) is 0 Å². The summed E-state index contributed by atoms with van der Waals surface area (Å²) in [5.41, 5.74) is 0. The van der Waals surface area contributed by atoms with Crippen molar-refractivity contribution in [3.63, 3.8) is 0 Å². The molecule has 4 heteroatoms. The van der Waals surface area contributed by atoms with E-state index in [-0.39, 0.29) is 0 Å². The molecule has 0 saturated heterocycles. The highest BCUT2D eigenvalue weighted by molar-refractivity contribution is 5.76. The molecule has 0 heterocycles. The Morgan fingerprint density at radius 3 is 2.83 bits per heavy atom. The Labute approximate surface area is 70.6 Å². The van der Waals surface area contributed by atoms with Gasteiger partial charge in [-0.2, -0.15) is 4.99 Å². The largest absolute Gasteiger partial charge is 0.467 e. The van der Waals surface area contributed by atoms with E-state index in [4.69, 9.17) is 0 Å². The SMILES string of the molecule is COC(=O)C(CC1CC1)N=C=O. The van der Waals surface area contributed by atoms with Crippen LogP contribution in [0.1, 0.15) is 19.3 Å². The van der Waals surface area contributed by atoms with Crippen molar-refractivity contribution < 1.29 is 14.3 Å². The molecule has 1 rings (SSSR count). The third-order valence-electron chi connectivity index (χ3n) is 1.94. The van der Waals surface area contributed by atoms with Crippen molar-refractivity contribution in [2.75, 3.05) is 7.11 Å². The summed E-state index contributed by atoms with van der Waals surface area (Å²) in [7, 11) is 1.29. The maximum Gasteiger partial charge on any atom is 0.331 e. The van der Waals surface area contributed by atoms with Crippen LogP contribution >= 0.6 is 0 Å². The topological polar surface area (TPSA) is 55.7 Å². The fourth-order valence-corrected chi connectivity index (χ4v) is 1.07. The van der Waals surface area contributed by atoms with E-state index in [0.29, 0.717) is 12.3 Å². The molecule has 1 saturated carbocycles. The standard InChI is InChI=1S/C8H11NO3/c1-12-8(11)7(9-5-10)4-6-2-3-6/h6-7H,2-4H2,1H3. The van der Waals surface area contributed by atoms with E-state index in [1.165, 1.54) is 13.2 Å². The van der Waals surface area contributed by atoms with Crippen LogP contribution in [0.3, 0.4) is 0 Å². The molecule has 4 nitrogen and oxygen atoms in total. The molecule has 0 spiro atoms. The molecular formula is C8H11NO3. The molecule has 12 heavy (non-hydrogen) atoms. The second kappa shape index (κ2) is 4.02. The van der Waals surface area contributed by atoms with Gasteiger partial charge in [0, 0.05) is 0 Å². The van der Waals surface area contributed by atoms with Crippen molar-refractivity contribution in [3.8, 4) is 0 Å². The molecule has 1 unspecified atom stereocenters. The Morgan fingerprint density at radius 1 is 1.75 bits per heavy atom. The highest BCUT2D eigenvalue weighted by Crippen LogP contribution is 2.34. The Balaban J connectivity index is 2.46. The lowest BCUT2D eigenvalue weighted by Gasteiger charge is -2.05. The lowest BCUT2D eigenvalue weighted by molar-refractivity contribution is -0.142. The minimum absolute atomic E-state index is 0.440. The predicted octanol–water partition coefficient (Wildman–Crippen LogP) is 0.664. The van der Waals surface area contributed by atoms with Gasteiger partial charge in [0.15, 0.2) is 6.04 Å². The molecule has 1 fully saturated rings. The first-order valence-electron chi connectivity index (χ1n) is 3.92. The summed E-state index contributed by atoms with van der Waals surface area (Å²) in [6, 6.07) is -0.625. The van der Waals surface area contributed by atoms with Crippen LogP contribution in [-0.2, 0) is 14.3 Å². The van der Waals surface area contributed by atoms with Gasteiger partial charge in [-0.1, -0.05) is 12.8 Å². The number of aliphatic imine (C=N–C) groups is 1. The van der Waals surface area contributed by atoms with Gasteiger partial charge in [-0.05, 0) is 12.3 Å². The summed E-state index contributed by atoms with van der Waals surface area (Å²) in [4.78, 5) is 24.3. The van der Waals surface area contributed by atoms with Gasteiger partial charge in [-0.3, -0.25) is 0 Å².